The number of fused-ring (bicyclic) bond motifs is 1. The Hall–Kier alpha value is -1.62. The van der Waals surface area contributed by atoms with Gasteiger partial charge in [-0.25, -0.2) is 4.98 Å². The zero-order valence-electron chi connectivity index (χ0n) is 12.9. The zero-order chi connectivity index (χ0) is 15.7. The van der Waals surface area contributed by atoms with Gasteiger partial charge in [-0.3, -0.25) is 4.79 Å². The summed E-state index contributed by atoms with van der Waals surface area (Å²) < 4.78 is 1.03. The van der Waals surface area contributed by atoms with Crippen molar-refractivity contribution in [3.63, 3.8) is 0 Å². The predicted molar refractivity (Wildman–Crippen MR) is 93.1 cm³/mol. The Morgan fingerprint density at radius 1 is 1.27 bits per heavy atom. The second-order valence-corrected chi connectivity index (χ2v) is 6.68. The van der Waals surface area contributed by atoms with Gasteiger partial charge in [-0.15, -0.1) is 0 Å². The van der Waals surface area contributed by atoms with Crippen LogP contribution in [0.5, 0.6) is 0 Å². The molecule has 0 N–H and O–H groups in total. The van der Waals surface area contributed by atoms with E-state index in [9.17, 15) is 4.79 Å². The van der Waals surface area contributed by atoms with Crippen LogP contribution in [0, 0.1) is 0 Å². The van der Waals surface area contributed by atoms with E-state index >= 15 is 0 Å². The van der Waals surface area contributed by atoms with Crippen LogP contribution in [0.2, 0.25) is 0 Å². The number of aromatic nitrogens is 1. The molecule has 2 aromatic rings. The standard InChI is InChI=1S/C17H20BrN3O/c1-12(22)20(2)14-8-10-21(11-9-14)16-7-6-13-4-3-5-15(18)17(13)19-16/h3-7,14H,8-11H2,1-2H3. The van der Waals surface area contributed by atoms with Gasteiger partial charge in [0.15, 0.2) is 0 Å². The number of benzene rings is 1. The van der Waals surface area contributed by atoms with Crippen molar-refractivity contribution >= 4 is 38.6 Å². The maximum atomic E-state index is 11.5. The van der Waals surface area contributed by atoms with Crippen molar-refractivity contribution < 1.29 is 4.79 Å². The molecule has 1 aromatic heterocycles. The summed E-state index contributed by atoms with van der Waals surface area (Å²) in [5, 5.41) is 1.14. The van der Waals surface area contributed by atoms with Gasteiger partial charge in [-0.2, -0.15) is 0 Å². The van der Waals surface area contributed by atoms with Crippen LogP contribution in [0.3, 0.4) is 0 Å². The Bertz CT molecular complexity index is 695. The maximum absolute atomic E-state index is 11.5. The minimum Gasteiger partial charge on any atom is -0.356 e. The number of hydrogen-bond acceptors (Lipinski definition) is 3. The Balaban J connectivity index is 1.76. The van der Waals surface area contributed by atoms with Crippen molar-refractivity contribution in [2.75, 3.05) is 25.0 Å². The number of anilines is 1. The Morgan fingerprint density at radius 2 is 2.00 bits per heavy atom. The molecule has 1 aliphatic rings. The largest absolute Gasteiger partial charge is 0.356 e. The number of hydrogen-bond donors (Lipinski definition) is 0. The lowest BCUT2D eigenvalue weighted by molar-refractivity contribution is -0.129. The zero-order valence-corrected chi connectivity index (χ0v) is 14.5. The van der Waals surface area contributed by atoms with Crippen LogP contribution in [0.4, 0.5) is 5.82 Å². The van der Waals surface area contributed by atoms with Crippen molar-refractivity contribution in [2.24, 2.45) is 0 Å². The number of pyridine rings is 1. The number of rotatable bonds is 2. The molecule has 0 bridgehead atoms. The molecule has 2 heterocycles. The normalized spacial score (nSPS) is 16.0. The summed E-state index contributed by atoms with van der Waals surface area (Å²) in [4.78, 5) is 20.4. The first-order chi connectivity index (χ1) is 10.6. The average Bonchev–Trinajstić information content (AvgIpc) is 2.54. The van der Waals surface area contributed by atoms with Gasteiger partial charge in [0.05, 0.1) is 5.52 Å². The minimum atomic E-state index is 0.145. The Kier molecular flexibility index (Phi) is 4.34. The number of amides is 1. The number of halogens is 1. The third kappa shape index (κ3) is 2.95. The number of carbonyl (C=O) groups excluding carboxylic acids is 1. The fraction of sp³-hybridized carbons (Fsp3) is 0.412. The molecule has 0 saturated carbocycles. The molecule has 0 unspecified atom stereocenters. The summed E-state index contributed by atoms with van der Waals surface area (Å²) >= 11 is 3.57. The second-order valence-electron chi connectivity index (χ2n) is 5.83. The smallest absolute Gasteiger partial charge is 0.219 e. The summed E-state index contributed by atoms with van der Waals surface area (Å²) in [6.45, 7) is 3.51. The Morgan fingerprint density at radius 3 is 2.68 bits per heavy atom. The van der Waals surface area contributed by atoms with Gasteiger partial charge in [-0.05, 0) is 47.0 Å². The van der Waals surface area contributed by atoms with E-state index in [1.807, 2.05) is 24.1 Å². The van der Waals surface area contributed by atoms with Gasteiger partial charge in [-0.1, -0.05) is 12.1 Å². The third-order valence-electron chi connectivity index (χ3n) is 4.49. The number of para-hydroxylation sites is 1. The SMILES string of the molecule is CC(=O)N(C)C1CCN(c2ccc3cccc(Br)c3n2)CC1. The molecule has 1 aliphatic heterocycles. The molecule has 22 heavy (non-hydrogen) atoms. The molecule has 0 spiro atoms. The summed E-state index contributed by atoms with van der Waals surface area (Å²) in [6.07, 6.45) is 1.98. The first-order valence-electron chi connectivity index (χ1n) is 7.60. The van der Waals surface area contributed by atoms with Gasteiger partial charge in [0.2, 0.25) is 5.91 Å². The van der Waals surface area contributed by atoms with Gasteiger partial charge < -0.3 is 9.80 Å². The van der Waals surface area contributed by atoms with E-state index < -0.39 is 0 Å². The summed E-state index contributed by atoms with van der Waals surface area (Å²) in [7, 11) is 1.90. The number of nitrogens with zero attached hydrogens (tertiary/aromatic N) is 3. The van der Waals surface area contributed by atoms with Gasteiger partial charge in [0, 0.05) is 43.0 Å². The third-order valence-corrected chi connectivity index (χ3v) is 5.13. The van der Waals surface area contributed by atoms with Crippen molar-refractivity contribution in [1.82, 2.24) is 9.88 Å². The van der Waals surface area contributed by atoms with Gasteiger partial charge in [0.1, 0.15) is 5.82 Å². The Labute approximate surface area is 139 Å². The monoisotopic (exact) mass is 361 g/mol. The number of carbonyl (C=O) groups is 1. The first-order valence-corrected chi connectivity index (χ1v) is 8.39. The molecule has 1 amide bonds. The van der Waals surface area contributed by atoms with Gasteiger partial charge in [0.25, 0.3) is 0 Å². The molecular weight excluding hydrogens is 342 g/mol. The highest BCUT2D eigenvalue weighted by atomic mass is 79.9. The van der Waals surface area contributed by atoms with E-state index in [4.69, 9.17) is 4.98 Å². The van der Waals surface area contributed by atoms with Gasteiger partial charge >= 0.3 is 0 Å². The molecular formula is C17H20BrN3O. The van der Waals surface area contributed by atoms with Crippen molar-refractivity contribution in [1.29, 1.82) is 0 Å². The van der Waals surface area contributed by atoms with Crippen LogP contribution >= 0.6 is 15.9 Å². The highest BCUT2D eigenvalue weighted by molar-refractivity contribution is 9.10. The van der Waals surface area contributed by atoms with E-state index in [0.29, 0.717) is 6.04 Å². The van der Waals surface area contributed by atoms with Crippen LogP contribution < -0.4 is 4.90 Å². The number of piperidine rings is 1. The van der Waals surface area contributed by atoms with Crippen LogP contribution in [-0.2, 0) is 4.79 Å². The molecule has 1 aromatic carbocycles. The highest BCUT2D eigenvalue weighted by Gasteiger charge is 2.24. The molecule has 3 rings (SSSR count). The highest BCUT2D eigenvalue weighted by Crippen LogP contribution is 2.26. The van der Waals surface area contributed by atoms with E-state index in [1.54, 1.807) is 6.92 Å². The van der Waals surface area contributed by atoms with E-state index in [-0.39, 0.29) is 5.91 Å². The van der Waals surface area contributed by atoms with Crippen molar-refractivity contribution in [3.05, 3.63) is 34.8 Å². The molecule has 1 saturated heterocycles. The first kappa shape index (κ1) is 15.3. The van der Waals surface area contributed by atoms with E-state index in [1.165, 1.54) is 0 Å². The fourth-order valence-corrected chi connectivity index (χ4v) is 3.49. The van der Waals surface area contributed by atoms with Crippen LogP contribution in [-0.4, -0.2) is 42.0 Å². The lowest BCUT2D eigenvalue weighted by atomic mass is 10.0. The maximum Gasteiger partial charge on any atom is 0.219 e. The molecule has 0 atom stereocenters. The fourth-order valence-electron chi connectivity index (χ4n) is 3.02. The van der Waals surface area contributed by atoms with Crippen LogP contribution in [0.1, 0.15) is 19.8 Å². The van der Waals surface area contributed by atoms with Crippen molar-refractivity contribution in [3.8, 4) is 0 Å². The van der Waals surface area contributed by atoms with Crippen LogP contribution in [0.25, 0.3) is 10.9 Å². The van der Waals surface area contributed by atoms with E-state index in [2.05, 4.69) is 39.0 Å². The molecule has 5 heteroatoms. The summed E-state index contributed by atoms with van der Waals surface area (Å²) in [5.74, 6) is 1.16. The molecule has 1 fully saturated rings. The predicted octanol–water partition coefficient (Wildman–Crippen LogP) is 3.44. The van der Waals surface area contributed by atoms with Crippen LogP contribution in [0.15, 0.2) is 34.8 Å². The summed E-state index contributed by atoms with van der Waals surface area (Å²) in [5.41, 5.74) is 1.00. The quantitative estimate of drug-likeness (QED) is 0.821. The summed E-state index contributed by atoms with van der Waals surface area (Å²) in [6, 6.07) is 10.7. The lowest BCUT2D eigenvalue weighted by Gasteiger charge is -2.37. The van der Waals surface area contributed by atoms with E-state index in [0.717, 1.165) is 47.1 Å². The topological polar surface area (TPSA) is 36.4 Å². The van der Waals surface area contributed by atoms with Crippen molar-refractivity contribution in [2.45, 2.75) is 25.8 Å². The molecule has 0 radical (unpaired) electrons. The average molecular weight is 362 g/mol. The second kappa shape index (κ2) is 6.24. The lowest BCUT2D eigenvalue weighted by Crippen LogP contribution is -2.45. The molecule has 0 aliphatic carbocycles. The molecule has 4 nitrogen and oxygen atoms in total. The molecule has 116 valence electrons. The minimum absolute atomic E-state index is 0.145.